The highest BCUT2D eigenvalue weighted by molar-refractivity contribution is 6.00. The number of hydrogen-bond acceptors (Lipinski definition) is 4. The number of nitrogens with one attached hydrogen (secondary N) is 1. The van der Waals surface area contributed by atoms with Gasteiger partial charge in [-0.2, -0.15) is 0 Å². The van der Waals surface area contributed by atoms with Crippen LogP contribution in [0.5, 0.6) is 0 Å². The summed E-state index contributed by atoms with van der Waals surface area (Å²) < 4.78 is 2.37. The minimum Gasteiger partial charge on any atom is -0.405 e. The fourth-order valence-corrected chi connectivity index (χ4v) is 10.3. The molecule has 0 saturated heterocycles. The molecule has 0 atom stereocenters. The molecule has 3 N–H and O–H groups in total. The molecule has 6 nitrogen and oxygen atoms in total. The average molecular weight is 983 g/mol. The molecule has 2 aliphatic rings. The first kappa shape index (κ1) is 48.6. The van der Waals surface area contributed by atoms with Crippen molar-refractivity contribution in [3.8, 4) is 50.3 Å². The third kappa shape index (κ3) is 10.2. The summed E-state index contributed by atoms with van der Waals surface area (Å²) >= 11 is 0. The molecule has 4 aromatic heterocycles. The Morgan fingerprint density at radius 3 is 2.04 bits per heavy atom. The van der Waals surface area contributed by atoms with Crippen molar-refractivity contribution in [3.63, 3.8) is 0 Å². The van der Waals surface area contributed by atoms with E-state index in [-0.39, 0.29) is 0 Å². The molecule has 6 heteroatoms. The molecule has 0 fully saturated rings. The lowest BCUT2D eigenvalue weighted by molar-refractivity contribution is 1.01. The number of benzene rings is 5. The number of nitrogens with two attached hydrogens (primary N) is 1. The van der Waals surface area contributed by atoms with Crippen LogP contribution in [0.4, 0.5) is 11.4 Å². The molecule has 0 amide bonds. The van der Waals surface area contributed by atoms with E-state index in [0.717, 1.165) is 131 Å². The van der Waals surface area contributed by atoms with Crippen molar-refractivity contribution < 1.29 is 0 Å². The fraction of sp³-hybridized carbons (Fsp3) is 0.0857. The number of allylic oxidation sites excluding steroid dienone is 9. The molecular formula is C70H58N6. The topological polar surface area (TPSA) is 75.8 Å². The Labute approximate surface area is 446 Å². The number of aromatic amines is 1. The normalized spacial score (nSPS) is 12.9. The lowest BCUT2D eigenvalue weighted by Crippen LogP contribution is -2.17. The first-order valence-electron chi connectivity index (χ1n) is 26.1. The van der Waals surface area contributed by atoms with E-state index in [0.29, 0.717) is 0 Å². The Bertz CT molecular complexity index is 3910. The maximum atomic E-state index is 5.71. The Hall–Kier alpha value is -9.70. The predicted molar refractivity (Wildman–Crippen MR) is 320 cm³/mol. The van der Waals surface area contributed by atoms with Gasteiger partial charge in [-0.3, -0.25) is 9.97 Å². The van der Waals surface area contributed by atoms with E-state index in [1.54, 1.807) is 6.20 Å². The number of H-pyrrole nitrogens is 1. The monoisotopic (exact) mass is 982 g/mol. The maximum Gasteiger partial charge on any atom is 0.0717 e. The van der Waals surface area contributed by atoms with Crippen LogP contribution in [-0.2, 0) is 6.42 Å². The molecule has 0 unspecified atom stereocenters. The van der Waals surface area contributed by atoms with Crippen LogP contribution < -0.4 is 10.6 Å². The molecule has 0 aliphatic heterocycles. The van der Waals surface area contributed by atoms with Gasteiger partial charge in [-0.1, -0.05) is 97.9 Å². The quantitative estimate of drug-likeness (QED) is 0.0610. The molecule has 11 rings (SSSR count). The molecule has 368 valence electrons. The number of pyridine rings is 2. The minimum atomic E-state index is 0.791. The molecular weight excluding hydrogens is 925 g/mol. The Balaban J connectivity index is 0.994. The van der Waals surface area contributed by atoms with Crippen LogP contribution in [0.3, 0.4) is 0 Å². The molecule has 2 aliphatic carbocycles. The summed E-state index contributed by atoms with van der Waals surface area (Å²) in [5, 5.41) is 0. The maximum absolute atomic E-state index is 5.71. The standard InChI is InChI=1S/C70H58N6/c1-4-6-7-18-59-40-58(61-41-62(48-73-47-61)67-29-8-9-36-74-67)32-33-68(59)75(5-2)63-27-12-23-54(42-63)55-24-13-28-64(43-55)76-69-30-14-25-56(51-20-10-19-50(38-51)49(3)17-16-35-71)44-65(69)66-45-57(26-15-31-70(66)76)52-21-11-22-53(39-52)60-34-37-72-46-60/h6-13,16-17,19-48,72H,4-5,18,71H2,1-3H3/b7-6-,35-16-,49-17+. The predicted octanol–water partition coefficient (Wildman–Crippen LogP) is 17.3. The number of nitrogens with zero attached hydrogens (tertiary/aromatic N) is 4. The van der Waals surface area contributed by atoms with Crippen LogP contribution in [0.15, 0.2) is 231 Å². The third-order valence-corrected chi connectivity index (χ3v) is 14.1. The second kappa shape index (κ2) is 22.2. The Morgan fingerprint density at radius 1 is 0.632 bits per heavy atom. The highest BCUT2D eigenvalue weighted by Gasteiger charge is 2.23. The number of anilines is 2. The minimum absolute atomic E-state index is 0.791. The van der Waals surface area contributed by atoms with Crippen molar-refractivity contribution in [2.45, 2.75) is 33.6 Å². The van der Waals surface area contributed by atoms with Crippen LogP contribution in [-0.4, -0.2) is 26.1 Å². The van der Waals surface area contributed by atoms with E-state index in [1.165, 1.54) is 11.3 Å². The van der Waals surface area contributed by atoms with Gasteiger partial charge in [0.2, 0.25) is 0 Å². The second-order valence-corrected chi connectivity index (χ2v) is 19.0. The van der Waals surface area contributed by atoms with E-state index in [9.17, 15) is 0 Å². The van der Waals surface area contributed by atoms with Gasteiger partial charge in [0.15, 0.2) is 0 Å². The van der Waals surface area contributed by atoms with E-state index in [1.807, 2.05) is 61.3 Å². The lowest BCUT2D eigenvalue weighted by atomic mass is 9.95. The van der Waals surface area contributed by atoms with Crippen molar-refractivity contribution in [1.82, 2.24) is 19.5 Å². The Kier molecular flexibility index (Phi) is 14.2. The SMILES string of the molecule is CC/C=C\Cc1cc(-c2cncc(-c3ccccn3)c2)ccc1N(CC)c1cccc(-c2cccc(-n3c4c(c5c3C=C=CC(c3cccc(-c6cc[nH]c6)c3)=C5)C=C(c3cccc(/C(C)=C/C=C\N)c3)C=C=C4)c2)c1. The van der Waals surface area contributed by atoms with E-state index in [4.69, 9.17) is 5.73 Å². The van der Waals surface area contributed by atoms with Gasteiger partial charge in [0.05, 0.1) is 17.1 Å². The lowest BCUT2D eigenvalue weighted by Gasteiger charge is -2.27. The van der Waals surface area contributed by atoms with E-state index < -0.39 is 0 Å². The summed E-state index contributed by atoms with van der Waals surface area (Å²) in [4.78, 5) is 14.9. The van der Waals surface area contributed by atoms with E-state index in [2.05, 4.69) is 233 Å². The molecule has 9 aromatic rings. The van der Waals surface area contributed by atoms with Crippen LogP contribution in [0, 0.1) is 0 Å². The van der Waals surface area contributed by atoms with Gasteiger partial charge < -0.3 is 20.2 Å². The summed E-state index contributed by atoms with van der Waals surface area (Å²) in [7, 11) is 0. The number of aromatic nitrogens is 4. The second-order valence-electron chi connectivity index (χ2n) is 19.0. The molecule has 5 aromatic carbocycles. The van der Waals surface area contributed by atoms with Crippen molar-refractivity contribution >= 4 is 52.4 Å². The zero-order valence-corrected chi connectivity index (χ0v) is 43.1. The molecule has 0 saturated carbocycles. The number of hydrogen-bond donors (Lipinski definition) is 2. The summed E-state index contributed by atoms with van der Waals surface area (Å²) in [6, 6.07) is 52.4. The van der Waals surface area contributed by atoms with E-state index >= 15 is 0 Å². The molecule has 0 bridgehead atoms. The number of rotatable bonds is 15. The first-order chi connectivity index (χ1) is 37.5. The van der Waals surface area contributed by atoms with Gasteiger partial charge in [-0.05, 0) is 203 Å². The van der Waals surface area contributed by atoms with Gasteiger partial charge in [-0.25, -0.2) is 0 Å². The van der Waals surface area contributed by atoms with Gasteiger partial charge in [0, 0.05) is 89.0 Å². The zero-order chi connectivity index (χ0) is 51.8. The van der Waals surface area contributed by atoms with Crippen molar-refractivity contribution in [2.75, 3.05) is 11.4 Å². The van der Waals surface area contributed by atoms with Crippen molar-refractivity contribution in [1.29, 1.82) is 0 Å². The van der Waals surface area contributed by atoms with Crippen LogP contribution in [0.25, 0.3) is 91.3 Å². The molecule has 76 heavy (non-hydrogen) atoms. The molecule has 0 radical (unpaired) electrons. The fourth-order valence-electron chi connectivity index (χ4n) is 10.3. The number of fused-ring (bicyclic) bond motifs is 3. The van der Waals surface area contributed by atoms with Crippen LogP contribution >= 0.6 is 0 Å². The smallest absolute Gasteiger partial charge is 0.0717 e. The summed E-state index contributed by atoms with van der Waals surface area (Å²) in [5.41, 5.74) is 37.1. The van der Waals surface area contributed by atoms with Gasteiger partial charge in [0.25, 0.3) is 0 Å². The van der Waals surface area contributed by atoms with Gasteiger partial charge >= 0.3 is 0 Å². The Morgan fingerprint density at radius 2 is 1.32 bits per heavy atom. The third-order valence-electron chi connectivity index (χ3n) is 14.1. The van der Waals surface area contributed by atoms with Gasteiger partial charge in [-0.15, -0.1) is 11.5 Å². The zero-order valence-electron chi connectivity index (χ0n) is 43.1. The molecule has 0 spiro atoms. The van der Waals surface area contributed by atoms with Crippen molar-refractivity contribution in [2.24, 2.45) is 5.73 Å². The first-order valence-corrected chi connectivity index (χ1v) is 26.1. The van der Waals surface area contributed by atoms with Gasteiger partial charge in [0.1, 0.15) is 0 Å². The largest absolute Gasteiger partial charge is 0.405 e. The average Bonchev–Trinajstić information content (AvgIpc) is 4.02. The highest BCUT2D eigenvalue weighted by Crippen LogP contribution is 2.41. The molecule has 4 heterocycles. The highest BCUT2D eigenvalue weighted by atomic mass is 15.1. The summed E-state index contributed by atoms with van der Waals surface area (Å²) in [5.74, 6) is 0. The summed E-state index contributed by atoms with van der Waals surface area (Å²) in [6.07, 6.45) is 34.6. The van der Waals surface area contributed by atoms with Crippen molar-refractivity contribution in [3.05, 3.63) is 275 Å². The van der Waals surface area contributed by atoms with Crippen LogP contribution in [0.2, 0.25) is 0 Å². The summed E-state index contributed by atoms with van der Waals surface area (Å²) in [6.45, 7) is 7.32. The van der Waals surface area contributed by atoms with Crippen LogP contribution in [0.1, 0.15) is 72.0 Å².